The van der Waals surface area contributed by atoms with E-state index in [4.69, 9.17) is 9.84 Å². The molecule has 1 fully saturated rings. The lowest BCUT2D eigenvalue weighted by molar-refractivity contribution is -0.149. The van der Waals surface area contributed by atoms with Crippen LogP contribution in [0, 0.1) is 0 Å². The van der Waals surface area contributed by atoms with Crippen molar-refractivity contribution in [3.05, 3.63) is 18.0 Å². The fraction of sp³-hybridized carbons (Fsp3) is 0.692. The predicted octanol–water partition coefficient (Wildman–Crippen LogP) is 2.38. The third-order valence-corrected chi connectivity index (χ3v) is 3.44. The van der Waals surface area contributed by atoms with Crippen molar-refractivity contribution < 1.29 is 14.6 Å². The van der Waals surface area contributed by atoms with Crippen LogP contribution in [-0.4, -0.2) is 27.0 Å². The van der Waals surface area contributed by atoms with Crippen molar-refractivity contribution in [3.63, 3.8) is 0 Å². The van der Waals surface area contributed by atoms with Gasteiger partial charge in [0.1, 0.15) is 0 Å². The molecule has 0 unspecified atom stereocenters. The van der Waals surface area contributed by atoms with Gasteiger partial charge in [0.25, 0.3) is 0 Å². The van der Waals surface area contributed by atoms with Gasteiger partial charge >= 0.3 is 5.97 Å². The van der Waals surface area contributed by atoms with Gasteiger partial charge < -0.3 is 9.84 Å². The molecule has 0 saturated heterocycles. The van der Waals surface area contributed by atoms with Crippen LogP contribution >= 0.6 is 0 Å². The van der Waals surface area contributed by atoms with Gasteiger partial charge in [-0.1, -0.05) is 19.3 Å². The Hall–Kier alpha value is -1.36. The van der Waals surface area contributed by atoms with Crippen molar-refractivity contribution in [2.45, 2.75) is 57.8 Å². The van der Waals surface area contributed by atoms with Crippen LogP contribution in [0.1, 0.15) is 50.8 Å². The maximum Gasteiger partial charge on any atom is 0.332 e. The number of carbonyl (C=O) groups is 1. The molecule has 100 valence electrons. The van der Waals surface area contributed by atoms with Gasteiger partial charge in [0.2, 0.25) is 0 Å². The molecule has 1 atom stereocenters. The Morgan fingerprint density at radius 2 is 2.28 bits per heavy atom. The molecule has 5 nitrogen and oxygen atoms in total. The van der Waals surface area contributed by atoms with Crippen LogP contribution in [-0.2, 0) is 16.1 Å². The summed E-state index contributed by atoms with van der Waals surface area (Å²) in [5, 5.41) is 13.2. The first-order chi connectivity index (χ1) is 8.66. The fourth-order valence-corrected chi connectivity index (χ4v) is 2.28. The lowest BCUT2D eigenvalue weighted by Crippen LogP contribution is -2.20. The number of hydrogen-bond donors (Lipinski definition) is 1. The van der Waals surface area contributed by atoms with E-state index in [2.05, 4.69) is 5.10 Å². The molecular formula is C13H20N2O3. The molecule has 0 amide bonds. The highest BCUT2D eigenvalue weighted by Crippen LogP contribution is 2.27. The SMILES string of the molecule is C[C@H](OCc1ccn(C2CCCCC2)n1)C(=O)O. The highest BCUT2D eigenvalue weighted by Gasteiger charge is 2.17. The Kier molecular flexibility index (Phi) is 4.36. The van der Waals surface area contributed by atoms with E-state index in [1.165, 1.54) is 39.0 Å². The zero-order valence-electron chi connectivity index (χ0n) is 10.7. The van der Waals surface area contributed by atoms with E-state index in [-0.39, 0.29) is 6.61 Å². The molecule has 1 heterocycles. The van der Waals surface area contributed by atoms with E-state index in [9.17, 15) is 4.79 Å². The Morgan fingerprint density at radius 1 is 1.56 bits per heavy atom. The molecule has 0 aliphatic heterocycles. The minimum Gasteiger partial charge on any atom is -0.479 e. The molecule has 18 heavy (non-hydrogen) atoms. The molecule has 0 radical (unpaired) electrons. The molecule has 2 rings (SSSR count). The van der Waals surface area contributed by atoms with Crippen molar-refractivity contribution in [2.24, 2.45) is 0 Å². The average Bonchev–Trinajstić information content (AvgIpc) is 2.85. The number of carboxylic acids is 1. The number of aliphatic carboxylic acids is 1. The number of nitrogens with zero attached hydrogens (tertiary/aromatic N) is 2. The van der Waals surface area contributed by atoms with Crippen molar-refractivity contribution in [3.8, 4) is 0 Å². The van der Waals surface area contributed by atoms with Gasteiger partial charge in [-0.05, 0) is 25.8 Å². The van der Waals surface area contributed by atoms with Gasteiger partial charge in [0.05, 0.1) is 18.3 Å². The first kappa shape index (κ1) is 13.1. The van der Waals surface area contributed by atoms with Gasteiger partial charge in [-0.15, -0.1) is 0 Å². The summed E-state index contributed by atoms with van der Waals surface area (Å²) in [5.74, 6) is -0.943. The number of carboxylic acid groups (broad SMARTS) is 1. The van der Waals surface area contributed by atoms with Gasteiger partial charge in [0, 0.05) is 6.20 Å². The molecule has 0 spiro atoms. The van der Waals surface area contributed by atoms with Gasteiger partial charge in [-0.3, -0.25) is 4.68 Å². The molecular weight excluding hydrogens is 232 g/mol. The summed E-state index contributed by atoms with van der Waals surface area (Å²) in [4.78, 5) is 10.6. The monoisotopic (exact) mass is 252 g/mol. The summed E-state index contributed by atoms with van der Waals surface area (Å²) >= 11 is 0. The predicted molar refractivity (Wildman–Crippen MR) is 66.2 cm³/mol. The highest BCUT2D eigenvalue weighted by molar-refractivity contribution is 5.71. The van der Waals surface area contributed by atoms with E-state index in [1.54, 1.807) is 0 Å². The van der Waals surface area contributed by atoms with Crippen molar-refractivity contribution in [1.29, 1.82) is 0 Å². The summed E-state index contributed by atoms with van der Waals surface area (Å²) < 4.78 is 7.22. The zero-order valence-corrected chi connectivity index (χ0v) is 10.7. The van der Waals surface area contributed by atoms with Crippen LogP contribution in [0.25, 0.3) is 0 Å². The second-order valence-electron chi connectivity index (χ2n) is 4.87. The second kappa shape index (κ2) is 6.00. The fourth-order valence-electron chi connectivity index (χ4n) is 2.28. The molecule has 1 N–H and O–H groups in total. The van der Waals surface area contributed by atoms with Crippen LogP contribution in [0.4, 0.5) is 0 Å². The largest absolute Gasteiger partial charge is 0.479 e. The average molecular weight is 252 g/mol. The number of aromatic nitrogens is 2. The van der Waals surface area contributed by atoms with Gasteiger partial charge in [-0.2, -0.15) is 5.10 Å². The molecule has 1 aromatic heterocycles. The van der Waals surface area contributed by atoms with Crippen LogP contribution < -0.4 is 0 Å². The standard InChI is InChI=1S/C13H20N2O3/c1-10(13(16)17)18-9-11-7-8-15(14-11)12-5-3-2-4-6-12/h7-8,10,12H,2-6,9H2,1H3,(H,16,17)/t10-/m0/s1. The first-order valence-electron chi connectivity index (χ1n) is 6.55. The van der Waals surface area contributed by atoms with Crippen molar-refractivity contribution in [1.82, 2.24) is 9.78 Å². The number of rotatable bonds is 5. The lowest BCUT2D eigenvalue weighted by Gasteiger charge is -2.21. The summed E-state index contributed by atoms with van der Waals surface area (Å²) in [6.45, 7) is 1.79. The number of ether oxygens (including phenoxy) is 1. The van der Waals surface area contributed by atoms with Crippen molar-refractivity contribution >= 4 is 5.97 Å². The van der Waals surface area contributed by atoms with E-state index in [1.807, 2.05) is 16.9 Å². The normalized spacial score (nSPS) is 18.7. The Morgan fingerprint density at radius 3 is 2.94 bits per heavy atom. The van der Waals surface area contributed by atoms with E-state index < -0.39 is 12.1 Å². The summed E-state index contributed by atoms with van der Waals surface area (Å²) in [6.07, 6.45) is 7.42. The van der Waals surface area contributed by atoms with E-state index >= 15 is 0 Å². The van der Waals surface area contributed by atoms with Gasteiger partial charge in [-0.25, -0.2) is 4.79 Å². The van der Waals surface area contributed by atoms with E-state index in [0.29, 0.717) is 6.04 Å². The minimum atomic E-state index is -0.943. The molecule has 0 aromatic carbocycles. The minimum absolute atomic E-state index is 0.257. The first-order valence-corrected chi connectivity index (χ1v) is 6.55. The zero-order chi connectivity index (χ0) is 13.0. The summed E-state index contributed by atoms with van der Waals surface area (Å²) in [5.41, 5.74) is 0.800. The smallest absolute Gasteiger partial charge is 0.332 e. The third-order valence-electron chi connectivity index (χ3n) is 3.44. The maximum atomic E-state index is 10.6. The molecule has 5 heteroatoms. The highest BCUT2D eigenvalue weighted by atomic mass is 16.5. The molecule has 1 aliphatic rings. The topological polar surface area (TPSA) is 64.4 Å². The van der Waals surface area contributed by atoms with Crippen LogP contribution in [0.15, 0.2) is 12.3 Å². The second-order valence-corrected chi connectivity index (χ2v) is 4.87. The van der Waals surface area contributed by atoms with Gasteiger partial charge in [0.15, 0.2) is 6.10 Å². The Balaban J connectivity index is 1.87. The Bertz CT molecular complexity index is 397. The molecule has 1 aromatic rings. The molecule has 1 aliphatic carbocycles. The van der Waals surface area contributed by atoms with Crippen LogP contribution in [0.2, 0.25) is 0 Å². The summed E-state index contributed by atoms with van der Waals surface area (Å²) in [6, 6.07) is 2.41. The quantitative estimate of drug-likeness (QED) is 0.873. The van der Waals surface area contributed by atoms with Crippen molar-refractivity contribution in [2.75, 3.05) is 0 Å². The summed E-state index contributed by atoms with van der Waals surface area (Å²) in [7, 11) is 0. The molecule has 0 bridgehead atoms. The Labute approximate surface area is 107 Å². The van der Waals surface area contributed by atoms with Crippen LogP contribution in [0.3, 0.4) is 0 Å². The van der Waals surface area contributed by atoms with Crippen LogP contribution in [0.5, 0.6) is 0 Å². The third kappa shape index (κ3) is 3.32. The lowest BCUT2D eigenvalue weighted by atomic mass is 9.96. The van der Waals surface area contributed by atoms with E-state index in [0.717, 1.165) is 5.69 Å². The maximum absolute atomic E-state index is 10.6. The molecule has 1 saturated carbocycles. The number of hydrogen-bond acceptors (Lipinski definition) is 3.